The molecule has 1 saturated heterocycles. The number of likely N-dealkylation sites (tertiary alicyclic amines) is 1. The molecule has 1 aromatic heterocycles. The van der Waals surface area contributed by atoms with Gasteiger partial charge in [0.2, 0.25) is 11.7 Å². The first-order valence-electron chi connectivity index (χ1n) is 9.94. The van der Waals surface area contributed by atoms with Gasteiger partial charge in [-0.05, 0) is 35.6 Å². The van der Waals surface area contributed by atoms with Crippen LogP contribution in [0.15, 0.2) is 29.6 Å². The minimum Gasteiger partial charge on any atom is -0.493 e. The lowest BCUT2D eigenvalue weighted by Crippen LogP contribution is -2.35. The Bertz CT molecular complexity index is 859. The summed E-state index contributed by atoms with van der Waals surface area (Å²) in [6, 6.07) is 7.40. The van der Waals surface area contributed by atoms with Gasteiger partial charge in [0.25, 0.3) is 5.91 Å². The van der Waals surface area contributed by atoms with Gasteiger partial charge in [-0.25, -0.2) is 0 Å². The fourth-order valence-electron chi connectivity index (χ4n) is 3.82. The molecule has 8 heteroatoms. The lowest BCUT2D eigenvalue weighted by molar-refractivity contribution is -0.124. The first kappa shape index (κ1) is 22.0. The molecule has 2 aromatic rings. The van der Waals surface area contributed by atoms with E-state index in [0.29, 0.717) is 41.8 Å². The van der Waals surface area contributed by atoms with Gasteiger partial charge in [-0.3, -0.25) is 9.59 Å². The summed E-state index contributed by atoms with van der Waals surface area (Å²) in [5.41, 5.74) is 0.877. The minimum absolute atomic E-state index is 0.0444. The zero-order chi connectivity index (χ0) is 21.7. The fourth-order valence-corrected chi connectivity index (χ4v) is 4.51. The fraction of sp³-hybridized carbons (Fsp3) is 0.455. The van der Waals surface area contributed by atoms with E-state index in [9.17, 15) is 9.59 Å². The molecule has 30 heavy (non-hydrogen) atoms. The van der Waals surface area contributed by atoms with Gasteiger partial charge in [0.1, 0.15) is 0 Å². The number of nitrogens with zero attached hydrogens (tertiary/aromatic N) is 1. The topological polar surface area (TPSA) is 77.1 Å². The van der Waals surface area contributed by atoms with Crippen LogP contribution in [0.5, 0.6) is 17.2 Å². The molecular weight excluding hydrogens is 404 g/mol. The van der Waals surface area contributed by atoms with Gasteiger partial charge in [-0.1, -0.05) is 13.0 Å². The Morgan fingerprint density at radius 3 is 2.37 bits per heavy atom. The van der Waals surface area contributed by atoms with E-state index >= 15 is 0 Å². The summed E-state index contributed by atoms with van der Waals surface area (Å²) in [7, 11) is 4.68. The molecule has 0 spiro atoms. The summed E-state index contributed by atoms with van der Waals surface area (Å²) in [5.74, 6) is 0.929. The van der Waals surface area contributed by atoms with Gasteiger partial charge in [-0.2, -0.15) is 0 Å². The number of rotatable bonds is 8. The third-order valence-corrected chi connectivity index (χ3v) is 6.20. The van der Waals surface area contributed by atoms with E-state index in [1.807, 2.05) is 36.6 Å². The molecular formula is C22H28N2O5S. The van der Waals surface area contributed by atoms with Crippen molar-refractivity contribution in [2.75, 3.05) is 41.0 Å². The first-order chi connectivity index (χ1) is 14.5. The van der Waals surface area contributed by atoms with E-state index in [-0.39, 0.29) is 23.7 Å². The van der Waals surface area contributed by atoms with Crippen LogP contribution in [0.1, 0.15) is 34.5 Å². The second-order valence-corrected chi connectivity index (χ2v) is 8.10. The second-order valence-electron chi connectivity index (χ2n) is 7.15. The first-order valence-corrected chi connectivity index (χ1v) is 10.8. The molecule has 7 nitrogen and oxygen atoms in total. The van der Waals surface area contributed by atoms with Crippen molar-refractivity contribution >= 4 is 23.2 Å². The van der Waals surface area contributed by atoms with Gasteiger partial charge in [0.15, 0.2) is 11.5 Å². The van der Waals surface area contributed by atoms with Gasteiger partial charge in [-0.15, -0.1) is 11.3 Å². The molecule has 0 unspecified atom stereocenters. The zero-order valence-corrected chi connectivity index (χ0v) is 18.6. The standard InChI is InChI=1S/C22H28N2O5S/c1-5-8-23-21(25)16-13-24(22(26)19-7-6-9-30-19)12-15(16)14-10-17(27-2)20(29-4)18(11-14)28-3/h6-7,9-11,15-16H,5,8,12-13H2,1-4H3,(H,23,25)/t15-,16-/m1/s1. The van der Waals surface area contributed by atoms with Gasteiger partial charge >= 0.3 is 0 Å². The molecule has 1 aromatic carbocycles. The van der Waals surface area contributed by atoms with Crippen LogP contribution < -0.4 is 19.5 Å². The van der Waals surface area contributed by atoms with E-state index in [4.69, 9.17) is 14.2 Å². The Labute approximate surface area is 180 Å². The number of methoxy groups -OCH3 is 3. The van der Waals surface area contributed by atoms with Gasteiger partial charge < -0.3 is 24.4 Å². The average molecular weight is 433 g/mol. The van der Waals surface area contributed by atoms with Crippen LogP contribution in [0.2, 0.25) is 0 Å². The Hall–Kier alpha value is -2.74. The van der Waals surface area contributed by atoms with Crippen molar-refractivity contribution in [3.05, 3.63) is 40.1 Å². The van der Waals surface area contributed by atoms with Crippen molar-refractivity contribution in [3.8, 4) is 17.2 Å². The molecule has 2 amide bonds. The monoisotopic (exact) mass is 432 g/mol. The molecule has 1 aliphatic rings. The quantitative estimate of drug-likeness (QED) is 0.693. The van der Waals surface area contributed by atoms with E-state index in [1.165, 1.54) is 11.3 Å². The predicted molar refractivity (Wildman–Crippen MR) is 116 cm³/mol. The molecule has 0 aliphatic carbocycles. The van der Waals surface area contributed by atoms with Crippen LogP contribution in [0.25, 0.3) is 0 Å². The number of benzene rings is 1. The number of carbonyl (C=O) groups excluding carboxylic acids is 2. The Morgan fingerprint density at radius 1 is 1.13 bits per heavy atom. The van der Waals surface area contributed by atoms with Crippen molar-refractivity contribution in [1.82, 2.24) is 10.2 Å². The third kappa shape index (κ3) is 4.38. The molecule has 2 heterocycles. The maximum atomic E-state index is 12.9. The molecule has 1 aliphatic heterocycles. The van der Waals surface area contributed by atoms with Crippen LogP contribution >= 0.6 is 11.3 Å². The summed E-state index contributed by atoms with van der Waals surface area (Å²) in [5, 5.41) is 4.87. The second kappa shape index (κ2) is 9.84. The van der Waals surface area contributed by atoms with Crippen molar-refractivity contribution in [2.24, 2.45) is 5.92 Å². The number of carbonyl (C=O) groups is 2. The number of nitrogens with one attached hydrogen (secondary N) is 1. The molecule has 0 bridgehead atoms. The van der Waals surface area contributed by atoms with Gasteiger partial charge in [0.05, 0.1) is 32.1 Å². The van der Waals surface area contributed by atoms with Crippen LogP contribution in [0.4, 0.5) is 0 Å². The molecule has 0 radical (unpaired) electrons. The normalized spacial score (nSPS) is 18.2. The average Bonchev–Trinajstić information content (AvgIpc) is 3.46. The highest BCUT2D eigenvalue weighted by atomic mass is 32.1. The smallest absolute Gasteiger partial charge is 0.263 e. The highest BCUT2D eigenvalue weighted by Gasteiger charge is 2.41. The summed E-state index contributed by atoms with van der Waals surface area (Å²) in [4.78, 5) is 28.3. The Kier molecular flexibility index (Phi) is 7.20. The molecule has 3 rings (SSSR count). The number of hydrogen-bond acceptors (Lipinski definition) is 6. The highest BCUT2D eigenvalue weighted by molar-refractivity contribution is 7.12. The lowest BCUT2D eigenvalue weighted by atomic mass is 9.88. The maximum absolute atomic E-state index is 12.9. The van der Waals surface area contributed by atoms with Gasteiger partial charge in [0, 0.05) is 25.6 Å². The SMILES string of the molecule is CCCNC(=O)[C@@H]1CN(C(=O)c2cccs2)C[C@@H]1c1cc(OC)c(OC)c(OC)c1. The van der Waals surface area contributed by atoms with Crippen LogP contribution in [-0.2, 0) is 4.79 Å². The molecule has 2 atom stereocenters. The Balaban J connectivity index is 1.96. The lowest BCUT2D eigenvalue weighted by Gasteiger charge is -2.21. The summed E-state index contributed by atoms with van der Waals surface area (Å²) in [6.07, 6.45) is 0.852. The molecule has 0 saturated carbocycles. The molecule has 1 N–H and O–H groups in total. The summed E-state index contributed by atoms with van der Waals surface area (Å²) >= 11 is 1.41. The number of amides is 2. The largest absolute Gasteiger partial charge is 0.493 e. The minimum atomic E-state index is -0.358. The van der Waals surface area contributed by atoms with E-state index in [2.05, 4.69) is 5.32 Å². The van der Waals surface area contributed by atoms with Crippen molar-refractivity contribution < 1.29 is 23.8 Å². The summed E-state index contributed by atoms with van der Waals surface area (Å²) < 4.78 is 16.4. The van der Waals surface area contributed by atoms with E-state index < -0.39 is 0 Å². The molecule has 1 fully saturated rings. The molecule has 162 valence electrons. The van der Waals surface area contributed by atoms with Crippen molar-refractivity contribution in [3.63, 3.8) is 0 Å². The zero-order valence-electron chi connectivity index (χ0n) is 17.8. The van der Waals surface area contributed by atoms with Crippen molar-refractivity contribution in [2.45, 2.75) is 19.3 Å². The maximum Gasteiger partial charge on any atom is 0.263 e. The van der Waals surface area contributed by atoms with E-state index in [1.54, 1.807) is 26.2 Å². The van der Waals surface area contributed by atoms with Crippen LogP contribution in [0.3, 0.4) is 0 Å². The number of ether oxygens (including phenoxy) is 3. The van der Waals surface area contributed by atoms with E-state index in [0.717, 1.165) is 12.0 Å². The third-order valence-electron chi connectivity index (χ3n) is 5.34. The Morgan fingerprint density at radius 2 is 1.83 bits per heavy atom. The predicted octanol–water partition coefficient (Wildman–Crippen LogP) is 3.16. The van der Waals surface area contributed by atoms with Crippen LogP contribution in [0, 0.1) is 5.92 Å². The summed E-state index contributed by atoms with van der Waals surface area (Å²) in [6.45, 7) is 3.43. The van der Waals surface area contributed by atoms with Crippen molar-refractivity contribution in [1.29, 1.82) is 0 Å². The number of hydrogen-bond donors (Lipinski definition) is 1. The highest BCUT2D eigenvalue weighted by Crippen LogP contribution is 2.43. The number of thiophene rings is 1. The van der Waals surface area contributed by atoms with Crippen LogP contribution in [-0.4, -0.2) is 57.7 Å².